The van der Waals surface area contributed by atoms with E-state index in [1.165, 1.54) is 0 Å². The largest absolute Gasteiger partial charge is 0.308 e. The molecule has 0 bridgehead atoms. The Labute approximate surface area is 192 Å². The number of aromatic nitrogens is 1. The molecule has 3 aromatic rings. The summed E-state index contributed by atoms with van der Waals surface area (Å²) in [6.07, 6.45) is 3.49. The monoisotopic (exact) mass is 469 g/mol. The van der Waals surface area contributed by atoms with Crippen molar-refractivity contribution in [3.05, 3.63) is 64.3 Å². The van der Waals surface area contributed by atoms with Crippen molar-refractivity contribution < 1.29 is 13.2 Å². The zero-order chi connectivity index (χ0) is 22.5. The number of carbonyl (C=O) groups is 1. The maximum absolute atomic E-state index is 13.4. The summed E-state index contributed by atoms with van der Waals surface area (Å²) in [4.78, 5) is 20.0. The van der Waals surface area contributed by atoms with Crippen LogP contribution in [-0.4, -0.2) is 43.2 Å². The molecule has 2 aliphatic rings. The molecule has 166 valence electrons. The van der Waals surface area contributed by atoms with E-state index in [4.69, 9.17) is 11.6 Å². The van der Waals surface area contributed by atoms with E-state index in [0.717, 1.165) is 41.4 Å². The zero-order valence-corrected chi connectivity index (χ0v) is 19.4. The van der Waals surface area contributed by atoms with Gasteiger partial charge in [0.1, 0.15) is 0 Å². The first-order chi connectivity index (χ1) is 15.3. The summed E-state index contributed by atoms with van der Waals surface area (Å²) < 4.78 is 27.7. The predicted octanol–water partition coefficient (Wildman–Crippen LogP) is 4.57. The van der Waals surface area contributed by atoms with Crippen LogP contribution in [0.5, 0.6) is 0 Å². The van der Waals surface area contributed by atoms with Gasteiger partial charge in [-0.15, -0.1) is 0 Å². The average molecular weight is 470 g/mol. The van der Waals surface area contributed by atoms with Gasteiger partial charge in [0.15, 0.2) is 0 Å². The minimum Gasteiger partial charge on any atom is -0.308 e. The molecule has 6 nitrogen and oxygen atoms in total. The average Bonchev–Trinajstić information content (AvgIpc) is 3.22. The second-order valence-corrected chi connectivity index (χ2v) is 10.8. The Hall–Kier alpha value is -2.48. The summed E-state index contributed by atoms with van der Waals surface area (Å²) in [5.74, 6) is -0.137. The molecule has 0 aliphatic carbocycles. The summed E-state index contributed by atoms with van der Waals surface area (Å²) >= 11 is 6.12. The third kappa shape index (κ3) is 3.68. The van der Waals surface area contributed by atoms with Crippen molar-refractivity contribution in [2.75, 3.05) is 24.5 Å². The number of fused-ring (bicyclic) bond motifs is 2. The van der Waals surface area contributed by atoms with E-state index in [2.05, 4.69) is 4.98 Å². The van der Waals surface area contributed by atoms with Gasteiger partial charge < -0.3 is 4.90 Å². The van der Waals surface area contributed by atoms with Gasteiger partial charge in [-0.2, -0.15) is 4.31 Å². The van der Waals surface area contributed by atoms with E-state index in [1.807, 2.05) is 19.1 Å². The lowest BCUT2D eigenvalue weighted by atomic mass is 10.1. The molecule has 3 heterocycles. The second-order valence-electron chi connectivity index (χ2n) is 8.42. The molecule has 0 radical (unpaired) electrons. The summed E-state index contributed by atoms with van der Waals surface area (Å²) in [5.41, 5.74) is 3.61. The van der Waals surface area contributed by atoms with Crippen molar-refractivity contribution in [3.63, 3.8) is 0 Å². The molecule has 32 heavy (non-hydrogen) atoms. The fourth-order valence-corrected chi connectivity index (χ4v) is 6.36. The highest BCUT2D eigenvalue weighted by Gasteiger charge is 2.31. The number of amides is 1. The van der Waals surface area contributed by atoms with E-state index >= 15 is 0 Å². The summed E-state index contributed by atoms with van der Waals surface area (Å²) in [7, 11) is -3.50. The highest BCUT2D eigenvalue weighted by atomic mass is 35.5. The highest BCUT2D eigenvalue weighted by molar-refractivity contribution is 7.89. The van der Waals surface area contributed by atoms with Gasteiger partial charge in [0.2, 0.25) is 10.0 Å². The smallest absolute Gasteiger partial charge is 0.260 e. The van der Waals surface area contributed by atoms with Crippen LogP contribution in [0.2, 0.25) is 5.02 Å². The standard InChI is InChI=1S/C24H24ClN3O3S/c1-16-21(15-18-13-19(25)5-7-22(18)26-16)24(29)28-12-9-17-14-20(6-8-23(17)28)32(30,31)27-10-3-2-4-11-27/h5-8,13-15H,2-4,9-12H2,1H3. The quantitative estimate of drug-likeness (QED) is 0.563. The topological polar surface area (TPSA) is 70.6 Å². The van der Waals surface area contributed by atoms with Crippen LogP contribution in [0.25, 0.3) is 10.9 Å². The normalized spacial score (nSPS) is 17.0. The van der Waals surface area contributed by atoms with Gasteiger partial charge in [-0.25, -0.2) is 8.42 Å². The number of anilines is 1. The van der Waals surface area contributed by atoms with Crippen molar-refractivity contribution in [1.29, 1.82) is 0 Å². The lowest BCUT2D eigenvalue weighted by Gasteiger charge is -2.26. The van der Waals surface area contributed by atoms with Crippen LogP contribution in [-0.2, 0) is 16.4 Å². The Morgan fingerprint density at radius 2 is 1.78 bits per heavy atom. The van der Waals surface area contributed by atoms with Crippen molar-refractivity contribution in [2.24, 2.45) is 0 Å². The Morgan fingerprint density at radius 1 is 1.00 bits per heavy atom. The minimum absolute atomic E-state index is 0.137. The van der Waals surface area contributed by atoms with Crippen LogP contribution in [0.1, 0.15) is 40.9 Å². The molecular formula is C24H24ClN3O3S. The summed E-state index contributed by atoms with van der Waals surface area (Å²) in [6, 6.07) is 12.4. The number of carbonyl (C=O) groups excluding carboxylic acids is 1. The lowest BCUT2D eigenvalue weighted by molar-refractivity contribution is 0.0988. The van der Waals surface area contributed by atoms with Crippen LogP contribution in [0.3, 0.4) is 0 Å². The van der Waals surface area contributed by atoms with Gasteiger partial charge in [-0.05, 0) is 74.2 Å². The zero-order valence-electron chi connectivity index (χ0n) is 17.8. The molecule has 0 N–H and O–H groups in total. The molecular weight excluding hydrogens is 446 g/mol. The predicted molar refractivity (Wildman–Crippen MR) is 126 cm³/mol. The number of piperidine rings is 1. The number of halogens is 1. The third-order valence-electron chi connectivity index (χ3n) is 6.34. The van der Waals surface area contributed by atoms with Crippen molar-refractivity contribution in [3.8, 4) is 0 Å². The van der Waals surface area contributed by atoms with Gasteiger partial charge in [0.25, 0.3) is 5.91 Å². The summed E-state index contributed by atoms with van der Waals surface area (Å²) in [6.45, 7) is 3.48. The number of benzene rings is 2. The van der Waals surface area contributed by atoms with Crippen molar-refractivity contribution in [1.82, 2.24) is 9.29 Å². The number of pyridine rings is 1. The van der Waals surface area contributed by atoms with E-state index in [0.29, 0.717) is 47.2 Å². The molecule has 1 amide bonds. The molecule has 0 spiro atoms. The van der Waals surface area contributed by atoms with Crippen LogP contribution in [0, 0.1) is 6.92 Å². The SMILES string of the molecule is Cc1nc2ccc(Cl)cc2cc1C(=O)N1CCc2cc(S(=O)(=O)N3CCCCC3)ccc21. The van der Waals surface area contributed by atoms with Crippen LogP contribution < -0.4 is 4.90 Å². The maximum Gasteiger partial charge on any atom is 0.260 e. The fraction of sp³-hybridized carbons (Fsp3) is 0.333. The molecule has 2 aromatic carbocycles. The molecule has 2 aliphatic heterocycles. The first-order valence-electron chi connectivity index (χ1n) is 10.9. The number of sulfonamides is 1. The Kier molecular flexibility index (Phi) is 5.43. The van der Waals surface area contributed by atoms with Gasteiger partial charge in [-0.1, -0.05) is 18.0 Å². The molecule has 1 fully saturated rings. The third-order valence-corrected chi connectivity index (χ3v) is 8.47. The van der Waals surface area contributed by atoms with Gasteiger partial charge >= 0.3 is 0 Å². The fourth-order valence-electron chi connectivity index (χ4n) is 4.61. The maximum atomic E-state index is 13.4. The molecule has 0 unspecified atom stereocenters. The lowest BCUT2D eigenvalue weighted by Crippen LogP contribution is -2.35. The summed E-state index contributed by atoms with van der Waals surface area (Å²) in [5, 5.41) is 1.41. The number of aryl methyl sites for hydroxylation is 1. The van der Waals surface area contributed by atoms with Gasteiger partial charge in [0, 0.05) is 35.7 Å². The molecule has 1 saturated heterocycles. The van der Waals surface area contributed by atoms with Gasteiger partial charge in [-0.3, -0.25) is 9.78 Å². The van der Waals surface area contributed by atoms with Crippen molar-refractivity contribution >= 4 is 44.1 Å². The Balaban J connectivity index is 1.46. The minimum atomic E-state index is -3.50. The number of hydrogen-bond donors (Lipinski definition) is 0. The number of nitrogens with zero attached hydrogens (tertiary/aromatic N) is 3. The van der Waals surface area contributed by atoms with Gasteiger partial charge in [0.05, 0.1) is 21.7 Å². The first-order valence-corrected chi connectivity index (χ1v) is 12.7. The Morgan fingerprint density at radius 3 is 2.56 bits per heavy atom. The van der Waals surface area contributed by atoms with E-state index in [9.17, 15) is 13.2 Å². The van der Waals surface area contributed by atoms with Crippen LogP contribution in [0.4, 0.5) is 5.69 Å². The molecule has 0 saturated carbocycles. The van der Waals surface area contributed by atoms with E-state index in [-0.39, 0.29) is 5.91 Å². The number of rotatable bonds is 3. The molecule has 0 atom stereocenters. The van der Waals surface area contributed by atoms with E-state index < -0.39 is 10.0 Å². The van der Waals surface area contributed by atoms with Crippen molar-refractivity contribution in [2.45, 2.75) is 37.5 Å². The van der Waals surface area contributed by atoms with Crippen LogP contribution in [0.15, 0.2) is 47.4 Å². The van der Waals surface area contributed by atoms with E-state index in [1.54, 1.807) is 39.5 Å². The highest BCUT2D eigenvalue weighted by Crippen LogP contribution is 2.33. The number of hydrogen-bond acceptors (Lipinski definition) is 4. The first kappa shape index (κ1) is 21.4. The molecule has 8 heteroatoms. The van der Waals surface area contributed by atoms with Crippen LogP contribution >= 0.6 is 11.6 Å². The molecule has 5 rings (SSSR count). The Bertz CT molecular complexity index is 1330. The second kappa shape index (κ2) is 8.14. The molecule has 1 aromatic heterocycles.